The van der Waals surface area contributed by atoms with Gasteiger partial charge in [0.1, 0.15) is 0 Å². The van der Waals surface area contributed by atoms with E-state index in [0.717, 1.165) is 5.92 Å². The molecule has 100 valence electrons. The smallest absolute Gasteiger partial charge is 0.0338 e. The van der Waals surface area contributed by atoms with Crippen LogP contribution in [-0.2, 0) is 6.42 Å². The first-order valence-corrected chi connectivity index (χ1v) is 7.81. The Bertz CT molecular complexity index is 352. The molecular weight excluding hydrogens is 240 g/mol. The molecule has 0 aliphatic heterocycles. The van der Waals surface area contributed by atoms with Crippen molar-refractivity contribution in [2.75, 3.05) is 0 Å². The van der Waals surface area contributed by atoms with E-state index in [2.05, 4.69) is 38.1 Å². The average molecular weight is 265 g/mol. The van der Waals surface area contributed by atoms with Gasteiger partial charge in [-0.3, -0.25) is 0 Å². The van der Waals surface area contributed by atoms with E-state index >= 15 is 0 Å². The molecule has 1 aromatic rings. The molecule has 2 unspecified atom stereocenters. The topological polar surface area (TPSA) is 0 Å². The monoisotopic (exact) mass is 264 g/mol. The molecule has 0 nitrogen and oxygen atoms in total. The van der Waals surface area contributed by atoms with Gasteiger partial charge in [0.15, 0.2) is 0 Å². The predicted molar refractivity (Wildman–Crippen MR) is 80.5 cm³/mol. The summed E-state index contributed by atoms with van der Waals surface area (Å²) >= 11 is 6.35. The molecule has 0 bridgehead atoms. The van der Waals surface area contributed by atoms with Gasteiger partial charge in [-0.25, -0.2) is 0 Å². The zero-order valence-corrected chi connectivity index (χ0v) is 12.4. The molecule has 1 aromatic carbocycles. The van der Waals surface area contributed by atoms with Crippen LogP contribution in [0, 0.1) is 5.92 Å². The molecule has 0 aromatic heterocycles. The van der Waals surface area contributed by atoms with Crippen LogP contribution in [0.15, 0.2) is 24.3 Å². The van der Waals surface area contributed by atoms with Gasteiger partial charge in [-0.15, -0.1) is 11.6 Å². The van der Waals surface area contributed by atoms with Gasteiger partial charge in [-0.1, -0.05) is 57.4 Å². The molecule has 18 heavy (non-hydrogen) atoms. The van der Waals surface area contributed by atoms with Crippen LogP contribution in [0.2, 0.25) is 0 Å². The number of hydrogen-bond acceptors (Lipinski definition) is 0. The summed E-state index contributed by atoms with van der Waals surface area (Å²) in [5.74, 6) is 1.42. The van der Waals surface area contributed by atoms with E-state index in [4.69, 9.17) is 11.6 Å². The lowest BCUT2D eigenvalue weighted by Crippen LogP contribution is -2.08. The first-order valence-electron chi connectivity index (χ1n) is 7.38. The highest BCUT2D eigenvalue weighted by Crippen LogP contribution is 2.29. The molecule has 0 amide bonds. The lowest BCUT2D eigenvalue weighted by atomic mass is 9.91. The van der Waals surface area contributed by atoms with Crippen molar-refractivity contribution in [3.63, 3.8) is 0 Å². The van der Waals surface area contributed by atoms with Crippen molar-refractivity contribution in [1.29, 1.82) is 0 Å². The molecule has 0 heterocycles. The molecular formula is C17H25Cl. The van der Waals surface area contributed by atoms with Gasteiger partial charge in [0.25, 0.3) is 0 Å². The van der Waals surface area contributed by atoms with Crippen LogP contribution in [0.1, 0.15) is 63.0 Å². The predicted octanol–water partition coefficient (Wildman–Crippen LogP) is 5.54. The normalized spacial score (nSPS) is 25.1. The van der Waals surface area contributed by atoms with Crippen LogP contribution in [0.3, 0.4) is 0 Å². The molecule has 1 fully saturated rings. The Kier molecular flexibility index (Phi) is 5.12. The summed E-state index contributed by atoms with van der Waals surface area (Å²) < 4.78 is 0. The molecule has 2 rings (SSSR count). The van der Waals surface area contributed by atoms with Crippen LogP contribution in [0.4, 0.5) is 0 Å². The Labute approximate surface area is 117 Å². The van der Waals surface area contributed by atoms with Crippen molar-refractivity contribution in [2.24, 2.45) is 5.92 Å². The van der Waals surface area contributed by atoms with E-state index < -0.39 is 0 Å². The van der Waals surface area contributed by atoms with E-state index in [9.17, 15) is 0 Å². The Morgan fingerprint density at radius 1 is 1.11 bits per heavy atom. The van der Waals surface area contributed by atoms with Gasteiger partial charge in [0.2, 0.25) is 0 Å². The third-order valence-electron chi connectivity index (χ3n) is 4.14. The molecule has 0 N–H and O–H groups in total. The summed E-state index contributed by atoms with van der Waals surface area (Å²) in [6, 6.07) is 9.19. The number of hydrogen-bond donors (Lipinski definition) is 0. The molecule has 0 radical (unpaired) electrons. The van der Waals surface area contributed by atoms with Crippen LogP contribution in [0.25, 0.3) is 0 Å². The summed E-state index contributed by atoms with van der Waals surface area (Å²) in [7, 11) is 0. The fourth-order valence-corrected chi connectivity index (χ4v) is 3.36. The lowest BCUT2D eigenvalue weighted by Gasteiger charge is -2.16. The third kappa shape index (κ3) is 4.02. The Balaban J connectivity index is 1.95. The maximum atomic E-state index is 6.35. The van der Waals surface area contributed by atoms with Gasteiger partial charge in [0.05, 0.1) is 0 Å². The Morgan fingerprint density at radius 2 is 1.78 bits per heavy atom. The van der Waals surface area contributed by atoms with Crippen LogP contribution in [-0.4, -0.2) is 5.38 Å². The van der Waals surface area contributed by atoms with E-state index in [0.29, 0.717) is 11.3 Å². The minimum Gasteiger partial charge on any atom is -0.123 e. The second kappa shape index (κ2) is 6.61. The molecule has 2 atom stereocenters. The second-order valence-corrected chi connectivity index (χ2v) is 6.70. The van der Waals surface area contributed by atoms with Gasteiger partial charge >= 0.3 is 0 Å². The fourth-order valence-electron chi connectivity index (χ4n) is 2.95. The minimum atomic E-state index is 0.410. The zero-order valence-electron chi connectivity index (χ0n) is 11.7. The zero-order chi connectivity index (χ0) is 13.0. The van der Waals surface area contributed by atoms with Gasteiger partial charge in [-0.2, -0.15) is 0 Å². The van der Waals surface area contributed by atoms with E-state index in [-0.39, 0.29) is 0 Å². The molecule has 1 aliphatic rings. The van der Waals surface area contributed by atoms with Gasteiger partial charge < -0.3 is 0 Å². The second-order valence-electron chi connectivity index (χ2n) is 6.08. The van der Waals surface area contributed by atoms with Crippen molar-refractivity contribution in [3.8, 4) is 0 Å². The van der Waals surface area contributed by atoms with Crippen molar-refractivity contribution in [1.82, 2.24) is 0 Å². The van der Waals surface area contributed by atoms with Crippen molar-refractivity contribution in [3.05, 3.63) is 35.4 Å². The number of rotatable bonds is 3. The summed E-state index contributed by atoms with van der Waals surface area (Å²) in [6.07, 6.45) is 7.66. The summed E-state index contributed by atoms with van der Waals surface area (Å²) in [5.41, 5.74) is 2.92. The first kappa shape index (κ1) is 13.9. The number of halogens is 1. The van der Waals surface area contributed by atoms with Crippen molar-refractivity contribution < 1.29 is 0 Å². The average Bonchev–Trinajstić information content (AvgIpc) is 2.54. The van der Waals surface area contributed by atoms with Crippen LogP contribution >= 0.6 is 11.6 Å². The number of benzene rings is 1. The fraction of sp³-hybridized carbons (Fsp3) is 0.647. The largest absolute Gasteiger partial charge is 0.123 e. The van der Waals surface area contributed by atoms with E-state index in [1.807, 2.05) is 0 Å². The molecule has 0 saturated heterocycles. The first-order chi connectivity index (χ1) is 8.65. The standard InChI is InChI=1S/C17H25Cl/c1-13(2)16-9-7-14(8-10-16)11-15-5-3-4-6-17(18)12-15/h7-10,13,15,17H,3-6,11-12H2,1-2H3. The van der Waals surface area contributed by atoms with Crippen LogP contribution in [0.5, 0.6) is 0 Å². The van der Waals surface area contributed by atoms with Gasteiger partial charge in [-0.05, 0) is 42.2 Å². The SMILES string of the molecule is CC(C)c1ccc(CC2CCCCC(Cl)C2)cc1. The molecule has 1 heteroatoms. The molecule has 0 spiro atoms. The molecule has 1 aliphatic carbocycles. The highest BCUT2D eigenvalue weighted by molar-refractivity contribution is 6.20. The highest BCUT2D eigenvalue weighted by Gasteiger charge is 2.18. The quantitative estimate of drug-likeness (QED) is 0.497. The third-order valence-corrected chi connectivity index (χ3v) is 4.54. The summed E-state index contributed by atoms with van der Waals surface area (Å²) in [5, 5.41) is 0.410. The van der Waals surface area contributed by atoms with E-state index in [1.165, 1.54) is 49.7 Å². The maximum Gasteiger partial charge on any atom is 0.0338 e. The summed E-state index contributed by atoms with van der Waals surface area (Å²) in [4.78, 5) is 0. The Hall–Kier alpha value is -0.490. The van der Waals surface area contributed by atoms with Crippen molar-refractivity contribution in [2.45, 2.75) is 63.7 Å². The van der Waals surface area contributed by atoms with Gasteiger partial charge in [0, 0.05) is 5.38 Å². The Morgan fingerprint density at radius 3 is 2.44 bits per heavy atom. The maximum absolute atomic E-state index is 6.35. The number of alkyl halides is 1. The summed E-state index contributed by atoms with van der Waals surface area (Å²) in [6.45, 7) is 4.50. The molecule has 1 saturated carbocycles. The minimum absolute atomic E-state index is 0.410. The lowest BCUT2D eigenvalue weighted by molar-refractivity contribution is 0.460. The van der Waals surface area contributed by atoms with E-state index in [1.54, 1.807) is 0 Å². The van der Waals surface area contributed by atoms with Crippen LogP contribution < -0.4 is 0 Å². The van der Waals surface area contributed by atoms with Crippen molar-refractivity contribution >= 4 is 11.6 Å². The highest BCUT2D eigenvalue weighted by atomic mass is 35.5.